The van der Waals surface area contributed by atoms with Gasteiger partial charge in [-0.15, -0.1) is 0 Å². The monoisotopic (exact) mass is 240 g/mol. The first-order valence-corrected chi connectivity index (χ1v) is 6.77. The van der Waals surface area contributed by atoms with Crippen LogP contribution in [0.5, 0.6) is 0 Å². The molecule has 0 aliphatic carbocycles. The lowest BCUT2D eigenvalue weighted by Crippen LogP contribution is -2.46. The van der Waals surface area contributed by atoms with Crippen molar-refractivity contribution in [2.75, 3.05) is 46.4 Å². The summed E-state index contributed by atoms with van der Waals surface area (Å²) in [5.74, 6) is 0. The third-order valence-electron chi connectivity index (χ3n) is 3.06. The number of ether oxygens (including phenoxy) is 1. The molecule has 1 aromatic rings. The standard InChI is InChI=1S/C12H20N2OS/c1-15-8-7-13-3-5-14(6-4-13)10-12-2-9-16-11-12/h2,9,11H,3-8,10H2,1H3. The van der Waals surface area contributed by atoms with Crippen LogP contribution >= 0.6 is 11.3 Å². The highest BCUT2D eigenvalue weighted by Crippen LogP contribution is 2.11. The van der Waals surface area contributed by atoms with Gasteiger partial charge in [-0.05, 0) is 22.4 Å². The molecule has 2 rings (SSSR count). The molecule has 0 radical (unpaired) electrons. The summed E-state index contributed by atoms with van der Waals surface area (Å²) < 4.78 is 5.10. The highest BCUT2D eigenvalue weighted by Gasteiger charge is 2.16. The molecule has 0 bridgehead atoms. The summed E-state index contributed by atoms with van der Waals surface area (Å²) in [5.41, 5.74) is 1.45. The van der Waals surface area contributed by atoms with Gasteiger partial charge in [-0.1, -0.05) is 0 Å². The summed E-state index contributed by atoms with van der Waals surface area (Å²) in [5, 5.41) is 4.40. The molecule has 2 heterocycles. The van der Waals surface area contributed by atoms with Gasteiger partial charge in [0.2, 0.25) is 0 Å². The van der Waals surface area contributed by atoms with Crippen LogP contribution in [0.25, 0.3) is 0 Å². The largest absolute Gasteiger partial charge is 0.383 e. The van der Waals surface area contributed by atoms with Crippen LogP contribution in [0.2, 0.25) is 0 Å². The number of thiophene rings is 1. The fourth-order valence-corrected chi connectivity index (χ4v) is 2.69. The average molecular weight is 240 g/mol. The van der Waals surface area contributed by atoms with Gasteiger partial charge < -0.3 is 4.74 Å². The second-order valence-corrected chi connectivity index (χ2v) is 5.02. The third-order valence-corrected chi connectivity index (χ3v) is 3.79. The maximum absolute atomic E-state index is 5.10. The summed E-state index contributed by atoms with van der Waals surface area (Å²) in [6.07, 6.45) is 0. The number of nitrogens with zero attached hydrogens (tertiary/aromatic N) is 2. The van der Waals surface area contributed by atoms with Crippen molar-refractivity contribution in [1.82, 2.24) is 9.80 Å². The molecule has 0 amide bonds. The van der Waals surface area contributed by atoms with E-state index in [9.17, 15) is 0 Å². The number of hydrogen-bond donors (Lipinski definition) is 0. The minimum absolute atomic E-state index is 0.852. The van der Waals surface area contributed by atoms with Gasteiger partial charge in [0.25, 0.3) is 0 Å². The highest BCUT2D eigenvalue weighted by atomic mass is 32.1. The van der Waals surface area contributed by atoms with E-state index in [1.54, 1.807) is 18.4 Å². The Morgan fingerprint density at radius 1 is 1.25 bits per heavy atom. The highest BCUT2D eigenvalue weighted by molar-refractivity contribution is 7.07. The van der Waals surface area contributed by atoms with E-state index in [2.05, 4.69) is 26.6 Å². The number of hydrogen-bond acceptors (Lipinski definition) is 4. The van der Waals surface area contributed by atoms with Crippen LogP contribution in [0.3, 0.4) is 0 Å². The maximum atomic E-state index is 5.10. The van der Waals surface area contributed by atoms with Crippen molar-refractivity contribution >= 4 is 11.3 Å². The second-order valence-electron chi connectivity index (χ2n) is 4.24. The van der Waals surface area contributed by atoms with Crippen LogP contribution in [0, 0.1) is 0 Å². The third kappa shape index (κ3) is 3.56. The normalized spacial score (nSPS) is 19.1. The minimum atomic E-state index is 0.852. The molecule has 1 fully saturated rings. The fourth-order valence-electron chi connectivity index (χ4n) is 2.03. The van der Waals surface area contributed by atoms with Crippen LogP contribution in [-0.4, -0.2) is 56.2 Å². The first kappa shape index (κ1) is 12.0. The van der Waals surface area contributed by atoms with Gasteiger partial charge in [-0.3, -0.25) is 9.80 Å². The summed E-state index contributed by atoms with van der Waals surface area (Å²) in [4.78, 5) is 5.01. The van der Waals surface area contributed by atoms with E-state index in [1.165, 1.54) is 31.7 Å². The fraction of sp³-hybridized carbons (Fsp3) is 0.667. The minimum Gasteiger partial charge on any atom is -0.383 e. The van der Waals surface area contributed by atoms with Gasteiger partial charge in [-0.2, -0.15) is 11.3 Å². The predicted octanol–water partition coefficient (Wildman–Crippen LogP) is 1.51. The Balaban J connectivity index is 1.69. The average Bonchev–Trinajstić information content (AvgIpc) is 2.81. The molecule has 0 atom stereocenters. The smallest absolute Gasteiger partial charge is 0.0589 e. The van der Waals surface area contributed by atoms with Crippen molar-refractivity contribution in [3.05, 3.63) is 22.4 Å². The van der Waals surface area contributed by atoms with E-state index in [0.29, 0.717) is 0 Å². The van der Waals surface area contributed by atoms with E-state index in [1.807, 2.05) is 0 Å². The van der Waals surface area contributed by atoms with E-state index in [4.69, 9.17) is 4.74 Å². The number of piperazine rings is 1. The molecule has 0 unspecified atom stereocenters. The maximum Gasteiger partial charge on any atom is 0.0589 e. The molecule has 0 saturated carbocycles. The summed E-state index contributed by atoms with van der Waals surface area (Å²) >= 11 is 1.79. The Kier molecular flexibility index (Phi) is 4.78. The summed E-state index contributed by atoms with van der Waals surface area (Å²) in [7, 11) is 1.77. The lowest BCUT2D eigenvalue weighted by molar-refractivity contribution is 0.0939. The van der Waals surface area contributed by atoms with E-state index >= 15 is 0 Å². The number of methoxy groups -OCH3 is 1. The van der Waals surface area contributed by atoms with E-state index < -0.39 is 0 Å². The van der Waals surface area contributed by atoms with Crippen LogP contribution in [0.15, 0.2) is 16.8 Å². The molecule has 0 aromatic carbocycles. The van der Waals surface area contributed by atoms with E-state index in [-0.39, 0.29) is 0 Å². The molecular weight excluding hydrogens is 220 g/mol. The van der Waals surface area contributed by atoms with Crippen molar-refractivity contribution in [2.45, 2.75) is 6.54 Å². The molecular formula is C12H20N2OS. The van der Waals surface area contributed by atoms with Crippen LogP contribution in [0.4, 0.5) is 0 Å². The van der Waals surface area contributed by atoms with Crippen molar-refractivity contribution in [3.63, 3.8) is 0 Å². The molecule has 4 heteroatoms. The first-order valence-electron chi connectivity index (χ1n) is 5.83. The second kappa shape index (κ2) is 6.35. The summed E-state index contributed by atoms with van der Waals surface area (Å²) in [6, 6.07) is 2.22. The van der Waals surface area contributed by atoms with Gasteiger partial charge >= 0.3 is 0 Å². The SMILES string of the molecule is COCCN1CCN(Cc2ccsc2)CC1. The lowest BCUT2D eigenvalue weighted by atomic mass is 10.2. The zero-order chi connectivity index (χ0) is 11.2. The molecule has 16 heavy (non-hydrogen) atoms. The van der Waals surface area contributed by atoms with Crippen LogP contribution in [-0.2, 0) is 11.3 Å². The van der Waals surface area contributed by atoms with Crippen molar-refractivity contribution in [2.24, 2.45) is 0 Å². The quantitative estimate of drug-likeness (QED) is 0.776. The Morgan fingerprint density at radius 2 is 2.00 bits per heavy atom. The predicted molar refractivity (Wildman–Crippen MR) is 67.9 cm³/mol. The molecule has 90 valence electrons. The zero-order valence-corrected chi connectivity index (χ0v) is 10.7. The van der Waals surface area contributed by atoms with Crippen molar-refractivity contribution in [1.29, 1.82) is 0 Å². The number of rotatable bonds is 5. The van der Waals surface area contributed by atoms with Crippen molar-refractivity contribution < 1.29 is 4.74 Å². The molecule has 0 spiro atoms. The van der Waals surface area contributed by atoms with Gasteiger partial charge in [0.05, 0.1) is 6.61 Å². The topological polar surface area (TPSA) is 15.7 Å². The Hall–Kier alpha value is -0.420. The van der Waals surface area contributed by atoms with Crippen LogP contribution < -0.4 is 0 Å². The molecule has 0 N–H and O–H groups in total. The van der Waals surface area contributed by atoms with Gasteiger partial charge in [-0.25, -0.2) is 0 Å². The Labute approximate surface area is 102 Å². The lowest BCUT2D eigenvalue weighted by Gasteiger charge is -2.34. The zero-order valence-electron chi connectivity index (χ0n) is 9.89. The first-order chi connectivity index (χ1) is 7.88. The molecule has 1 saturated heterocycles. The Morgan fingerprint density at radius 3 is 2.62 bits per heavy atom. The molecule has 3 nitrogen and oxygen atoms in total. The summed E-state index contributed by atoms with van der Waals surface area (Å²) in [6.45, 7) is 7.75. The van der Waals surface area contributed by atoms with Crippen LogP contribution in [0.1, 0.15) is 5.56 Å². The molecule has 1 aromatic heterocycles. The van der Waals surface area contributed by atoms with E-state index in [0.717, 1.165) is 19.7 Å². The van der Waals surface area contributed by atoms with Gasteiger partial charge in [0, 0.05) is 46.4 Å². The van der Waals surface area contributed by atoms with Crippen molar-refractivity contribution in [3.8, 4) is 0 Å². The molecule has 1 aliphatic rings. The molecule has 1 aliphatic heterocycles. The Bertz CT molecular complexity index is 281. The van der Waals surface area contributed by atoms with Gasteiger partial charge in [0.1, 0.15) is 0 Å². The van der Waals surface area contributed by atoms with Gasteiger partial charge in [0.15, 0.2) is 0 Å².